The van der Waals surface area contributed by atoms with Crippen LogP contribution in [0.5, 0.6) is 0 Å². The Balaban J connectivity index is 1.69. The van der Waals surface area contributed by atoms with Crippen LogP contribution in [0.4, 0.5) is 0 Å². The molecule has 16 heavy (non-hydrogen) atoms. The maximum absolute atomic E-state index is 3.61. The molecule has 0 bridgehead atoms. The lowest BCUT2D eigenvalue weighted by Crippen LogP contribution is -2.37. The van der Waals surface area contributed by atoms with Crippen molar-refractivity contribution in [2.75, 3.05) is 13.1 Å². The fourth-order valence-electron chi connectivity index (χ4n) is 2.09. The zero-order chi connectivity index (χ0) is 11.2. The molecule has 1 atom stereocenters. The Labute approximate surface area is 110 Å². The normalized spacial score (nSPS) is 21.9. The smallest absolute Gasteiger partial charge is 0.0327 e. The van der Waals surface area contributed by atoms with Crippen molar-refractivity contribution in [3.8, 4) is 0 Å². The van der Waals surface area contributed by atoms with Crippen LogP contribution in [-0.4, -0.2) is 19.1 Å². The summed E-state index contributed by atoms with van der Waals surface area (Å²) in [4.78, 5) is 1.40. The molecule has 1 aliphatic rings. The highest BCUT2D eigenvalue weighted by molar-refractivity contribution is 9.10. The molecule has 1 aromatic heterocycles. The maximum atomic E-state index is 3.61. The van der Waals surface area contributed by atoms with Crippen LogP contribution in [-0.2, 0) is 6.54 Å². The van der Waals surface area contributed by atoms with E-state index in [0.717, 1.165) is 13.1 Å². The van der Waals surface area contributed by atoms with Crippen LogP contribution in [0.3, 0.4) is 0 Å². The minimum absolute atomic E-state index is 0.668. The molecule has 2 rings (SSSR count). The number of thiophene rings is 1. The Morgan fingerprint density at radius 2 is 2.38 bits per heavy atom. The topological polar surface area (TPSA) is 24.1 Å². The first-order valence-corrected chi connectivity index (χ1v) is 7.69. The molecule has 2 heterocycles. The van der Waals surface area contributed by atoms with Gasteiger partial charge in [0.1, 0.15) is 0 Å². The first-order chi connectivity index (χ1) is 7.86. The molecule has 0 aliphatic carbocycles. The van der Waals surface area contributed by atoms with Crippen molar-refractivity contribution in [1.29, 1.82) is 0 Å². The zero-order valence-electron chi connectivity index (χ0n) is 9.47. The van der Waals surface area contributed by atoms with Gasteiger partial charge in [-0.1, -0.05) is 12.8 Å². The van der Waals surface area contributed by atoms with Crippen molar-refractivity contribution in [2.24, 2.45) is 0 Å². The van der Waals surface area contributed by atoms with Gasteiger partial charge in [-0.15, -0.1) is 11.3 Å². The van der Waals surface area contributed by atoms with Gasteiger partial charge in [0, 0.05) is 28.5 Å². The van der Waals surface area contributed by atoms with E-state index in [4.69, 9.17) is 0 Å². The largest absolute Gasteiger partial charge is 0.313 e. The summed E-state index contributed by atoms with van der Waals surface area (Å²) < 4.78 is 1.24. The van der Waals surface area contributed by atoms with Crippen LogP contribution >= 0.6 is 27.3 Å². The fraction of sp³-hybridized carbons (Fsp3) is 0.667. The van der Waals surface area contributed by atoms with Gasteiger partial charge in [0.2, 0.25) is 0 Å². The molecule has 1 fully saturated rings. The quantitative estimate of drug-likeness (QED) is 0.893. The number of hydrogen-bond donors (Lipinski definition) is 2. The second kappa shape index (κ2) is 6.74. The molecule has 0 aromatic carbocycles. The van der Waals surface area contributed by atoms with E-state index >= 15 is 0 Å². The Morgan fingerprint density at radius 3 is 3.19 bits per heavy atom. The van der Waals surface area contributed by atoms with E-state index in [1.54, 1.807) is 0 Å². The second-order valence-corrected chi connectivity index (χ2v) is 6.18. The van der Waals surface area contributed by atoms with Crippen LogP contribution in [0.2, 0.25) is 0 Å². The molecule has 0 radical (unpaired) electrons. The van der Waals surface area contributed by atoms with Crippen LogP contribution in [0, 0.1) is 0 Å². The van der Waals surface area contributed by atoms with E-state index in [2.05, 4.69) is 38.0 Å². The summed E-state index contributed by atoms with van der Waals surface area (Å²) in [5.74, 6) is 0. The standard InChI is InChI=1S/C12H19BrN2S/c13-11-5-7-16-12(11)9-14-8-10-4-2-1-3-6-15-10/h5,7,10,14-15H,1-4,6,8-9H2. The summed E-state index contributed by atoms with van der Waals surface area (Å²) in [5.41, 5.74) is 0. The average Bonchev–Trinajstić information content (AvgIpc) is 2.55. The van der Waals surface area contributed by atoms with Gasteiger partial charge in [-0.2, -0.15) is 0 Å². The first-order valence-electron chi connectivity index (χ1n) is 6.02. The molecule has 0 spiro atoms. The number of halogens is 1. The van der Waals surface area contributed by atoms with Crippen molar-refractivity contribution >= 4 is 27.3 Å². The molecule has 2 N–H and O–H groups in total. The Kier molecular flexibility index (Phi) is 5.29. The first kappa shape index (κ1) is 12.6. The fourth-order valence-corrected chi connectivity index (χ4v) is 3.55. The minimum Gasteiger partial charge on any atom is -0.313 e. The van der Waals surface area contributed by atoms with Crippen LogP contribution in [0.15, 0.2) is 15.9 Å². The van der Waals surface area contributed by atoms with Gasteiger partial charge < -0.3 is 10.6 Å². The predicted molar refractivity (Wildman–Crippen MR) is 74.0 cm³/mol. The summed E-state index contributed by atoms with van der Waals surface area (Å²) in [5, 5.41) is 9.28. The van der Waals surface area contributed by atoms with Crippen LogP contribution < -0.4 is 10.6 Å². The molecule has 0 saturated carbocycles. The Morgan fingerprint density at radius 1 is 1.44 bits per heavy atom. The predicted octanol–water partition coefficient (Wildman–Crippen LogP) is 3.13. The van der Waals surface area contributed by atoms with Crippen molar-refractivity contribution in [3.05, 3.63) is 20.8 Å². The van der Waals surface area contributed by atoms with E-state index in [9.17, 15) is 0 Å². The summed E-state index contributed by atoms with van der Waals surface area (Å²) in [6.45, 7) is 3.26. The minimum atomic E-state index is 0.668. The van der Waals surface area contributed by atoms with Gasteiger partial charge in [0.25, 0.3) is 0 Å². The molecule has 0 amide bonds. The highest BCUT2D eigenvalue weighted by Gasteiger charge is 2.10. The highest BCUT2D eigenvalue weighted by Crippen LogP contribution is 2.22. The lowest BCUT2D eigenvalue weighted by Gasteiger charge is -2.16. The SMILES string of the molecule is Brc1ccsc1CNCC1CCCCCN1. The number of rotatable bonds is 4. The lowest BCUT2D eigenvalue weighted by atomic mass is 10.1. The van der Waals surface area contributed by atoms with E-state index in [0.29, 0.717) is 6.04 Å². The van der Waals surface area contributed by atoms with Crippen molar-refractivity contribution in [3.63, 3.8) is 0 Å². The van der Waals surface area contributed by atoms with E-state index in [1.165, 1.54) is 41.6 Å². The lowest BCUT2D eigenvalue weighted by molar-refractivity contribution is 0.471. The van der Waals surface area contributed by atoms with Gasteiger partial charge >= 0.3 is 0 Å². The molecule has 1 aliphatic heterocycles. The number of hydrogen-bond acceptors (Lipinski definition) is 3. The third-order valence-electron chi connectivity index (χ3n) is 3.03. The average molecular weight is 303 g/mol. The molecule has 1 unspecified atom stereocenters. The van der Waals surface area contributed by atoms with Gasteiger partial charge in [-0.3, -0.25) is 0 Å². The van der Waals surface area contributed by atoms with Gasteiger partial charge in [0.05, 0.1) is 0 Å². The van der Waals surface area contributed by atoms with Gasteiger partial charge in [0.15, 0.2) is 0 Å². The molecular weight excluding hydrogens is 284 g/mol. The molecule has 4 heteroatoms. The molecular formula is C12H19BrN2S. The van der Waals surface area contributed by atoms with Crippen LogP contribution in [0.1, 0.15) is 30.6 Å². The maximum Gasteiger partial charge on any atom is 0.0327 e. The molecule has 2 nitrogen and oxygen atoms in total. The highest BCUT2D eigenvalue weighted by atomic mass is 79.9. The van der Waals surface area contributed by atoms with E-state index in [-0.39, 0.29) is 0 Å². The summed E-state index contributed by atoms with van der Waals surface area (Å²) in [6.07, 6.45) is 5.42. The second-order valence-electron chi connectivity index (χ2n) is 4.32. The Bertz CT molecular complexity index is 306. The Hall–Kier alpha value is 0.1000. The molecule has 1 saturated heterocycles. The van der Waals surface area contributed by atoms with Gasteiger partial charge in [-0.05, 0) is 46.8 Å². The number of nitrogens with one attached hydrogen (secondary N) is 2. The van der Waals surface area contributed by atoms with E-state index < -0.39 is 0 Å². The van der Waals surface area contributed by atoms with Gasteiger partial charge in [-0.25, -0.2) is 0 Å². The molecule has 1 aromatic rings. The molecule has 90 valence electrons. The third kappa shape index (κ3) is 3.84. The van der Waals surface area contributed by atoms with Crippen molar-refractivity contribution in [2.45, 2.75) is 38.3 Å². The summed E-state index contributed by atoms with van der Waals surface area (Å²) >= 11 is 5.37. The third-order valence-corrected chi connectivity index (χ3v) is 4.96. The summed E-state index contributed by atoms with van der Waals surface area (Å²) in [7, 11) is 0. The van der Waals surface area contributed by atoms with E-state index in [1.807, 2.05) is 11.3 Å². The summed E-state index contributed by atoms with van der Waals surface area (Å²) in [6, 6.07) is 2.78. The van der Waals surface area contributed by atoms with Crippen molar-refractivity contribution in [1.82, 2.24) is 10.6 Å². The van der Waals surface area contributed by atoms with Crippen molar-refractivity contribution < 1.29 is 0 Å². The van der Waals surface area contributed by atoms with Crippen LogP contribution in [0.25, 0.3) is 0 Å². The zero-order valence-corrected chi connectivity index (χ0v) is 11.9. The monoisotopic (exact) mass is 302 g/mol.